The fourth-order valence-corrected chi connectivity index (χ4v) is 2.22. The molecule has 4 heteroatoms. The average Bonchev–Trinajstić information content (AvgIpc) is 2.59. The van der Waals surface area contributed by atoms with E-state index in [0.717, 1.165) is 11.3 Å². The van der Waals surface area contributed by atoms with Crippen molar-refractivity contribution in [1.82, 2.24) is 0 Å². The normalized spacial score (nSPS) is 11.4. The van der Waals surface area contributed by atoms with Gasteiger partial charge >= 0.3 is 0 Å². The number of carbonyl (C=O) groups excluding carboxylic acids is 1. The Morgan fingerprint density at radius 2 is 1.44 bits per heavy atom. The lowest BCUT2D eigenvalue weighted by atomic mass is 10.1. The number of ketones is 1. The molecule has 0 amide bonds. The zero-order valence-electron chi connectivity index (χ0n) is 15.3. The average molecular weight is 340 g/mol. The molecule has 0 aliphatic heterocycles. The summed E-state index contributed by atoms with van der Waals surface area (Å²) in [5.41, 5.74) is 1.20. The third-order valence-corrected chi connectivity index (χ3v) is 3.37. The molecule has 0 atom stereocenters. The van der Waals surface area contributed by atoms with Crippen LogP contribution in [0.3, 0.4) is 0 Å². The van der Waals surface area contributed by atoms with Crippen LogP contribution in [0, 0.1) is 0 Å². The monoisotopic (exact) mass is 340 g/mol. The van der Waals surface area contributed by atoms with Gasteiger partial charge in [0.15, 0.2) is 5.78 Å². The molecule has 0 bridgehead atoms. The minimum absolute atomic E-state index is 0.118. The largest absolute Gasteiger partial charge is 0.497 e. The van der Waals surface area contributed by atoms with Crippen LogP contribution >= 0.6 is 0 Å². The van der Waals surface area contributed by atoms with E-state index in [1.165, 1.54) is 6.08 Å². The molecule has 0 radical (unpaired) electrons. The van der Waals surface area contributed by atoms with Gasteiger partial charge in [-0.1, -0.05) is 18.2 Å². The summed E-state index contributed by atoms with van der Waals surface area (Å²) in [6.07, 6.45) is 3.31. The van der Waals surface area contributed by atoms with Crippen molar-refractivity contribution in [3.8, 4) is 17.2 Å². The van der Waals surface area contributed by atoms with E-state index in [9.17, 15) is 4.79 Å². The minimum atomic E-state index is -0.237. The van der Waals surface area contributed by atoms with E-state index in [1.807, 2.05) is 45.0 Å². The summed E-state index contributed by atoms with van der Waals surface area (Å²) >= 11 is 0. The van der Waals surface area contributed by atoms with Crippen LogP contribution in [0.4, 0.5) is 0 Å². The van der Waals surface area contributed by atoms with Gasteiger partial charge in [-0.25, -0.2) is 0 Å². The molecular formula is C21H24O4. The molecule has 0 aliphatic carbocycles. The van der Waals surface area contributed by atoms with Crippen molar-refractivity contribution in [3.05, 3.63) is 59.7 Å². The molecule has 0 saturated carbocycles. The number of rotatable bonds is 6. The lowest BCUT2D eigenvalue weighted by Gasteiger charge is -2.21. The molecule has 0 fully saturated rings. The molecule has 0 aliphatic rings. The Bertz CT molecular complexity index is 730. The van der Waals surface area contributed by atoms with Gasteiger partial charge in [-0.3, -0.25) is 4.79 Å². The Morgan fingerprint density at radius 1 is 0.880 bits per heavy atom. The van der Waals surface area contributed by atoms with Crippen molar-refractivity contribution in [2.24, 2.45) is 0 Å². The Morgan fingerprint density at radius 3 is 1.92 bits per heavy atom. The summed E-state index contributed by atoms with van der Waals surface area (Å²) < 4.78 is 16.2. The number of benzene rings is 2. The fraction of sp³-hybridized carbons (Fsp3) is 0.286. The van der Waals surface area contributed by atoms with Crippen molar-refractivity contribution < 1.29 is 19.0 Å². The third kappa shape index (κ3) is 5.68. The number of hydrogen-bond acceptors (Lipinski definition) is 4. The number of carbonyl (C=O) groups is 1. The Labute approximate surface area is 149 Å². The first-order valence-corrected chi connectivity index (χ1v) is 8.05. The standard InChI is InChI=1S/C21H24O4/c1-21(2,3)25-17-9-6-15(7-10-17)8-11-20(22)16-12-18(23-4)14-19(13-16)24-5/h6-14H,1-5H3. The maximum Gasteiger partial charge on any atom is 0.186 e. The van der Waals surface area contributed by atoms with Gasteiger partial charge in [0.1, 0.15) is 22.8 Å². The zero-order chi connectivity index (χ0) is 18.4. The molecular weight excluding hydrogens is 316 g/mol. The van der Waals surface area contributed by atoms with E-state index in [1.54, 1.807) is 38.5 Å². The molecule has 0 saturated heterocycles. The highest BCUT2D eigenvalue weighted by Crippen LogP contribution is 2.23. The van der Waals surface area contributed by atoms with E-state index in [0.29, 0.717) is 17.1 Å². The van der Waals surface area contributed by atoms with E-state index < -0.39 is 0 Å². The first-order chi connectivity index (χ1) is 11.8. The van der Waals surface area contributed by atoms with Gasteiger partial charge in [-0.2, -0.15) is 0 Å². The smallest absolute Gasteiger partial charge is 0.186 e. The first kappa shape index (κ1) is 18.6. The van der Waals surface area contributed by atoms with Crippen LogP contribution in [0.1, 0.15) is 36.7 Å². The maximum absolute atomic E-state index is 12.4. The Balaban J connectivity index is 2.12. The maximum atomic E-state index is 12.4. The molecule has 25 heavy (non-hydrogen) atoms. The molecule has 0 aromatic heterocycles. The predicted octanol–water partition coefficient (Wildman–Crippen LogP) is 4.78. The molecule has 2 aromatic carbocycles. The summed E-state index contributed by atoms with van der Waals surface area (Å²) in [5.74, 6) is 1.85. The van der Waals surface area contributed by atoms with Crippen LogP contribution in [0.2, 0.25) is 0 Å². The Kier molecular flexibility index (Phi) is 5.86. The van der Waals surface area contributed by atoms with Crippen molar-refractivity contribution in [2.75, 3.05) is 14.2 Å². The van der Waals surface area contributed by atoms with Crippen LogP contribution in [0.5, 0.6) is 17.2 Å². The number of allylic oxidation sites excluding steroid dienone is 1. The molecule has 0 N–H and O–H groups in total. The fourth-order valence-electron chi connectivity index (χ4n) is 2.22. The molecule has 132 valence electrons. The second kappa shape index (κ2) is 7.88. The third-order valence-electron chi connectivity index (χ3n) is 3.37. The topological polar surface area (TPSA) is 44.8 Å². The van der Waals surface area contributed by atoms with Crippen LogP contribution in [0.15, 0.2) is 48.5 Å². The minimum Gasteiger partial charge on any atom is -0.497 e. The van der Waals surface area contributed by atoms with Crippen LogP contribution in [-0.4, -0.2) is 25.6 Å². The molecule has 4 nitrogen and oxygen atoms in total. The second-order valence-corrected chi connectivity index (χ2v) is 6.58. The quantitative estimate of drug-likeness (QED) is 0.561. The Hall–Kier alpha value is -2.75. The SMILES string of the molecule is COc1cc(OC)cc(C(=O)C=Cc2ccc(OC(C)(C)C)cc2)c1. The van der Waals surface area contributed by atoms with Crippen LogP contribution in [-0.2, 0) is 0 Å². The van der Waals surface area contributed by atoms with Crippen molar-refractivity contribution in [1.29, 1.82) is 0 Å². The van der Waals surface area contributed by atoms with Crippen molar-refractivity contribution in [2.45, 2.75) is 26.4 Å². The summed E-state index contributed by atoms with van der Waals surface area (Å²) in [5, 5.41) is 0. The number of ether oxygens (including phenoxy) is 3. The summed E-state index contributed by atoms with van der Waals surface area (Å²) in [7, 11) is 3.11. The highest BCUT2D eigenvalue weighted by Gasteiger charge is 2.11. The summed E-state index contributed by atoms with van der Waals surface area (Å²) in [6.45, 7) is 6.01. The molecule has 2 rings (SSSR count). The van der Waals surface area contributed by atoms with E-state index >= 15 is 0 Å². The molecule has 0 heterocycles. The van der Waals surface area contributed by atoms with Gasteiger partial charge in [0.25, 0.3) is 0 Å². The van der Waals surface area contributed by atoms with E-state index in [2.05, 4.69) is 0 Å². The van der Waals surface area contributed by atoms with Crippen molar-refractivity contribution >= 4 is 11.9 Å². The summed E-state index contributed by atoms with van der Waals surface area (Å²) in [6, 6.07) is 12.7. The van der Waals surface area contributed by atoms with Gasteiger partial charge in [0.2, 0.25) is 0 Å². The lowest BCUT2D eigenvalue weighted by molar-refractivity contribution is 0.104. The van der Waals surface area contributed by atoms with Gasteiger partial charge in [0, 0.05) is 11.6 Å². The lowest BCUT2D eigenvalue weighted by Crippen LogP contribution is -2.22. The molecule has 2 aromatic rings. The zero-order valence-corrected chi connectivity index (χ0v) is 15.3. The van der Waals surface area contributed by atoms with Gasteiger partial charge < -0.3 is 14.2 Å². The predicted molar refractivity (Wildman–Crippen MR) is 99.7 cm³/mol. The van der Waals surface area contributed by atoms with Gasteiger partial charge in [-0.05, 0) is 56.7 Å². The highest BCUT2D eigenvalue weighted by atomic mass is 16.5. The first-order valence-electron chi connectivity index (χ1n) is 8.05. The highest BCUT2D eigenvalue weighted by molar-refractivity contribution is 6.07. The number of methoxy groups -OCH3 is 2. The molecule has 0 unspecified atom stereocenters. The molecule has 0 spiro atoms. The van der Waals surface area contributed by atoms with Crippen molar-refractivity contribution in [3.63, 3.8) is 0 Å². The van der Waals surface area contributed by atoms with E-state index in [-0.39, 0.29) is 11.4 Å². The van der Waals surface area contributed by atoms with Crippen LogP contribution < -0.4 is 14.2 Å². The van der Waals surface area contributed by atoms with Gasteiger partial charge in [-0.15, -0.1) is 0 Å². The van der Waals surface area contributed by atoms with E-state index in [4.69, 9.17) is 14.2 Å². The number of hydrogen-bond donors (Lipinski definition) is 0. The van der Waals surface area contributed by atoms with Crippen LogP contribution in [0.25, 0.3) is 6.08 Å². The summed E-state index contributed by atoms with van der Waals surface area (Å²) in [4.78, 5) is 12.4. The van der Waals surface area contributed by atoms with Gasteiger partial charge in [0.05, 0.1) is 14.2 Å². The second-order valence-electron chi connectivity index (χ2n) is 6.58.